The highest BCUT2D eigenvalue weighted by Crippen LogP contribution is 2.32. The maximum absolute atomic E-state index is 13.0. The van der Waals surface area contributed by atoms with E-state index in [4.69, 9.17) is 18.6 Å². The molecular formula is C16H13FN2O5. The number of methoxy groups -OCH3 is 2. The van der Waals surface area contributed by atoms with E-state index in [1.54, 1.807) is 18.2 Å². The molecule has 0 bridgehead atoms. The molecule has 0 saturated heterocycles. The summed E-state index contributed by atoms with van der Waals surface area (Å²) >= 11 is 0. The fourth-order valence-electron chi connectivity index (χ4n) is 2.03. The first-order valence-corrected chi connectivity index (χ1v) is 6.86. The summed E-state index contributed by atoms with van der Waals surface area (Å²) in [5.74, 6) is 0.160. The molecule has 7 nitrogen and oxygen atoms in total. The van der Waals surface area contributed by atoms with Crippen molar-refractivity contribution in [2.45, 2.75) is 0 Å². The van der Waals surface area contributed by atoms with Gasteiger partial charge in [0.25, 0.3) is 0 Å². The number of nitrogens with zero attached hydrogens (tertiary/aromatic N) is 2. The molecular weight excluding hydrogens is 319 g/mol. The molecule has 0 unspecified atom stereocenters. The van der Waals surface area contributed by atoms with Crippen LogP contribution in [0.4, 0.5) is 4.39 Å². The number of hydrogen-bond acceptors (Lipinski definition) is 6. The number of hydrogen-bond donors (Lipinski definition) is 0. The Kier molecular flexibility index (Phi) is 4.19. The van der Waals surface area contributed by atoms with E-state index in [-0.39, 0.29) is 6.08 Å². The summed E-state index contributed by atoms with van der Waals surface area (Å²) in [5.41, 5.74) is 0.354. The van der Waals surface area contributed by atoms with Crippen LogP contribution >= 0.6 is 0 Å². The minimum Gasteiger partial charge on any atom is -0.493 e. The molecule has 0 aliphatic heterocycles. The first-order valence-electron chi connectivity index (χ1n) is 6.86. The van der Waals surface area contributed by atoms with Crippen molar-refractivity contribution >= 4 is 0 Å². The van der Waals surface area contributed by atoms with Gasteiger partial charge in [-0.15, -0.1) is 0 Å². The number of rotatable bonds is 5. The third kappa shape index (κ3) is 3.07. The highest BCUT2D eigenvalue weighted by molar-refractivity contribution is 5.46. The van der Waals surface area contributed by atoms with Crippen molar-refractivity contribution in [3.05, 3.63) is 58.8 Å². The summed E-state index contributed by atoms with van der Waals surface area (Å²) in [6.45, 7) is 0. The van der Waals surface area contributed by atoms with E-state index in [2.05, 4.69) is 5.10 Å². The fraction of sp³-hybridized carbons (Fsp3) is 0.125. The molecule has 8 heteroatoms. The zero-order valence-corrected chi connectivity index (χ0v) is 12.9. The van der Waals surface area contributed by atoms with Gasteiger partial charge in [-0.05, 0) is 36.4 Å². The highest BCUT2D eigenvalue weighted by atomic mass is 19.1. The van der Waals surface area contributed by atoms with Crippen LogP contribution in [0, 0.1) is 5.82 Å². The molecule has 0 fully saturated rings. The molecule has 0 radical (unpaired) electrons. The predicted octanol–water partition coefficient (Wildman–Crippen LogP) is 2.77. The predicted molar refractivity (Wildman–Crippen MR) is 81.7 cm³/mol. The van der Waals surface area contributed by atoms with Gasteiger partial charge >= 0.3 is 11.8 Å². The van der Waals surface area contributed by atoms with Gasteiger partial charge < -0.3 is 18.6 Å². The summed E-state index contributed by atoms with van der Waals surface area (Å²) in [4.78, 5) is 11.9. The smallest absolute Gasteiger partial charge is 0.444 e. The molecule has 0 aliphatic rings. The lowest BCUT2D eigenvalue weighted by molar-refractivity contribution is 0.315. The second-order valence-electron chi connectivity index (χ2n) is 4.64. The van der Waals surface area contributed by atoms with Crippen molar-refractivity contribution in [3.63, 3.8) is 0 Å². The Balaban J connectivity index is 1.88. The van der Waals surface area contributed by atoms with Crippen LogP contribution in [0.2, 0.25) is 0 Å². The minimum atomic E-state index is -0.753. The van der Waals surface area contributed by atoms with E-state index in [1.807, 2.05) is 0 Å². The molecule has 0 spiro atoms. The van der Waals surface area contributed by atoms with Gasteiger partial charge in [0.15, 0.2) is 11.5 Å². The van der Waals surface area contributed by atoms with Gasteiger partial charge in [-0.3, -0.25) is 0 Å². The largest absolute Gasteiger partial charge is 0.493 e. The van der Waals surface area contributed by atoms with Crippen LogP contribution in [0.25, 0.3) is 5.69 Å². The minimum absolute atomic E-state index is 0.253. The Bertz CT molecular complexity index is 902. The number of halogens is 1. The van der Waals surface area contributed by atoms with Gasteiger partial charge in [0.05, 0.1) is 19.9 Å². The average Bonchev–Trinajstić information content (AvgIpc) is 2.95. The van der Waals surface area contributed by atoms with E-state index in [0.29, 0.717) is 22.9 Å². The maximum Gasteiger partial charge on any atom is 0.444 e. The van der Waals surface area contributed by atoms with Crippen molar-refractivity contribution in [1.82, 2.24) is 9.78 Å². The van der Waals surface area contributed by atoms with E-state index < -0.39 is 11.6 Å². The molecule has 124 valence electrons. The lowest BCUT2D eigenvalue weighted by Gasteiger charge is -2.08. The van der Waals surface area contributed by atoms with Gasteiger partial charge in [-0.25, -0.2) is 9.18 Å². The van der Waals surface area contributed by atoms with Gasteiger partial charge in [-0.2, -0.15) is 4.68 Å². The molecule has 1 aromatic heterocycles. The number of benzene rings is 2. The maximum atomic E-state index is 13.0. The molecule has 3 rings (SSSR count). The second-order valence-corrected chi connectivity index (χ2v) is 4.64. The van der Waals surface area contributed by atoms with Crippen LogP contribution in [0.1, 0.15) is 0 Å². The first kappa shape index (κ1) is 15.6. The van der Waals surface area contributed by atoms with Crippen molar-refractivity contribution < 1.29 is 23.0 Å². The first-order chi connectivity index (χ1) is 11.6. The third-order valence-corrected chi connectivity index (χ3v) is 3.16. The van der Waals surface area contributed by atoms with Gasteiger partial charge in [-0.1, -0.05) is 5.10 Å². The van der Waals surface area contributed by atoms with Crippen LogP contribution in [-0.4, -0.2) is 24.0 Å². The summed E-state index contributed by atoms with van der Waals surface area (Å²) in [7, 11) is 3.01. The second kappa shape index (κ2) is 6.45. The Morgan fingerprint density at radius 2 is 1.75 bits per heavy atom. The number of aromatic nitrogens is 2. The zero-order valence-electron chi connectivity index (χ0n) is 12.9. The van der Waals surface area contributed by atoms with E-state index >= 15 is 0 Å². The average molecular weight is 332 g/mol. The van der Waals surface area contributed by atoms with Crippen molar-refractivity contribution in [3.8, 4) is 29.0 Å². The monoisotopic (exact) mass is 332 g/mol. The third-order valence-electron chi connectivity index (χ3n) is 3.16. The van der Waals surface area contributed by atoms with E-state index in [9.17, 15) is 9.18 Å². The van der Waals surface area contributed by atoms with Crippen LogP contribution in [0.5, 0.6) is 23.3 Å². The Morgan fingerprint density at radius 1 is 1.04 bits per heavy atom. The molecule has 2 aromatic carbocycles. The zero-order chi connectivity index (χ0) is 17.1. The Labute approximate surface area is 135 Å². The van der Waals surface area contributed by atoms with Crippen molar-refractivity contribution in [1.29, 1.82) is 0 Å². The van der Waals surface area contributed by atoms with Gasteiger partial charge in [0.2, 0.25) is 0 Å². The Hall–Kier alpha value is -3.29. The van der Waals surface area contributed by atoms with Gasteiger partial charge in [0.1, 0.15) is 11.6 Å². The lowest BCUT2D eigenvalue weighted by atomic mass is 10.3. The SMILES string of the molecule is COc1ccc(Oc2nn(-c3ccc(F)cc3)c(=O)o2)cc1OC. The normalized spacial score (nSPS) is 10.5. The molecule has 1 heterocycles. The summed E-state index contributed by atoms with van der Waals surface area (Å²) < 4.78 is 34.6. The molecule has 0 amide bonds. The van der Waals surface area contributed by atoms with Crippen LogP contribution in [0.15, 0.2) is 51.7 Å². The molecule has 24 heavy (non-hydrogen) atoms. The highest BCUT2D eigenvalue weighted by Gasteiger charge is 2.13. The van der Waals surface area contributed by atoms with E-state index in [0.717, 1.165) is 4.68 Å². The molecule has 0 saturated carbocycles. The van der Waals surface area contributed by atoms with Gasteiger partial charge in [0, 0.05) is 6.07 Å². The van der Waals surface area contributed by atoms with Crippen LogP contribution < -0.4 is 20.0 Å². The number of ether oxygens (including phenoxy) is 3. The van der Waals surface area contributed by atoms with E-state index in [1.165, 1.54) is 38.5 Å². The standard InChI is InChI=1S/C16H13FN2O5/c1-21-13-8-7-12(9-14(13)22-2)23-15-18-19(16(20)24-15)11-5-3-10(17)4-6-11/h3-9H,1-2H3. The molecule has 0 aliphatic carbocycles. The van der Waals surface area contributed by atoms with Crippen LogP contribution in [-0.2, 0) is 0 Å². The van der Waals surface area contributed by atoms with Crippen LogP contribution in [0.3, 0.4) is 0 Å². The molecule has 0 atom stereocenters. The molecule has 3 aromatic rings. The summed E-state index contributed by atoms with van der Waals surface area (Å²) in [5, 5.41) is 3.92. The molecule has 0 N–H and O–H groups in total. The lowest BCUT2D eigenvalue weighted by Crippen LogP contribution is -2.13. The van der Waals surface area contributed by atoms with Crippen molar-refractivity contribution in [2.24, 2.45) is 0 Å². The van der Waals surface area contributed by atoms with Crippen molar-refractivity contribution in [2.75, 3.05) is 14.2 Å². The summed E-state index contributed by atoms with van der Waals surface area (Å²) in [6, 6.07) is 10.0. The summed E-state index contributed by atoms with van der Waals surface area (Å²) in [6.07, 6.45) is -0.253. The Morgan fingerprint density at radius 3 is 2.42 bits per heavy atom. The fourth-order valence-corrected chi connectivity index (χ4v) is 2.03. The topological polar surface area (TPSA) is 75.7 Å². The quantitative estimate of drug-likeness (QED) is 0.715.